The van der Waals surface area contributed by atoms with Crippen molar-refractivity contribution in [3.8, 4) is 0 Å². The molecular weight excluding hydrogens is 364 g/mol. The number of sulfonamides is 1. The molecule has 0 radical (unpaired) electrons. The van der Waals surface area contributed by atoms with Crippen molar-refractivity contribution in [2.24, 2.45) is 0 Å². The molecule has 27 heavy (non-hydrogen) atoms. The van der Waals surface area contributed by atoms with Crippen LogP contribution in [0.5, 0.6) is 0 Å². The Morgan fingerprint density at radius 2 is 1.81 bits per heavy atom. The first-order valence-corrected chi connectivity index (χ1v) is 10.1. The molecule has 2 rings (SSSR count). The fraction of sp³-hybridized carbons (Fsp3) is 0.350. The van der Waals surface area contributed by atoms with Crippen molar-refractivity contribution in [2.45, 2.75) is 32.3 Å². The summed E-state index contributed by atoms with van der Waals surface area (Å²) in [6.07, 6.45) is 0. The zero-order chi connectivity index (χ0) is 20.2. The van der Waals surface area contributed by atoms with Gasteiger partial charge in [-0.15, -0.1) is 0 Å². The normalized spacial score (nSPS) is 11.6. The molecule has 0 aliphatic rings. The summed E-state index contributed by atoms with van der Waals surface area (Å²) < 4.78 is 31.8. The Hall–Kier alpha value is -2.22. The number of anilines is 1. The predicted molar refractivity (Wildman–Crippen MR) is 107 cm³/mol. The number of para-hydroxylation sites is 1. The summed E-state index contributed by atoms with van der Waals surface area (Å²) in [6, 6.07) is 10.5. The number of hydrogen-bond acceptors (Lipinski definition) is 4. The monoisotopic (exact) mass is 390 g/mol. The first-order valence-electron chi connectivity index (χ1n) is 8.69. The van der Waals surface area contributed by atoms with E-state index >= 15 is 0 Å². The van der Waals surface area contributed by atoms with Crippen LogP contribution < -0.4 is 5.32 Å². The van der Waals surface area contributed by atoms with Gasteiger partial charge in [0.1, 0.15) is 0 Å². The first-order chi connectivity index (χ1) is 12.7. The maximum Gasteiger partial charge on any atom is 0.255 e. The second-order valence-electron chi connectivity index (χ2n) is 6.45. The van der Waals surface area contributed by atoms with Crippen LogP contribution in [0, 0.1) is 13.8 Å². The van der Waals surface area contributed by atoms with Crippen molar-refractivity contribution < 1.29 is 17.9 Å². The van der Waals surface area contributed by atoms with Crippen LogP contribution in [0.15, 0.2) is 41.3 Å². The number of rotatable bonds is 7. The van der Waals surface area contributed by atoms with Crippen LogP contribution >= 0.6 is 0 Å². The van der Waals surface area contributed by atoms with Crippen molar-refractivity contribution in [3.05, 3.63) is 58.7 Å². The van der Waals surface area contributed by atoms with Gasteiger partial charge in [0.2, 0.25) is 10.0 Å². The Labute approximate surface area is 161 Å². The van der Waals surface area contributed by atoms with Crippen LogP contribution in [-0.4, -0.2) is 39.3 Å². The minimum atomic E-state index is -3.65. The molecule has 1 N–H and O–H groups in total. The van der Waals surface area contributed by atoms with E-state index in [-0.39, 0.29) is 10.8 Å². The second kappa shape index (κ2) is 8.65. The summed E-state index contributed by atoms with van der Waals surface area (Å²) in [5.74, 6) is -0.364. The third kappa shape index (κ3) is 4.74. The summed E-state index contributed by atoms with van der Waals surface area (Å²) in [4.78, 5) is 12.9. The molecule has 0 aliphatic heterocycles. The smallest absolute Gasteiger partial charge is 0.255 e. The largest absolute Gasteiger partial charge is 0.377 e. The van der Waals surface area contributed by atoms with E-state index in [1.165, 1.54) is 20.2 Å². The van der Waals surface area contributed by atoms with Gasteiger partial charge in [0.15, 0.2) is 0 Å². The Bertz CT molecular complexity index is 937. The molecule has 7 heteroatoms. The van der Waals surface area contributed by atoms with Gasteiger partial charge in [0.05, 0.1) is 11.5 Å². The molecule has 2 aromatic carbocycles. The van der Waals surface area contributed by atoms with Gasteiger partial charge in [-0.25, -0.2) is 12.7 Å². The lowest BCUT2D eigenvalue weighted by atomic mass is 10.1. The van der Waals surface area contributed by atoms with Crippen LogP contribution in [0.4, 0.5) is 5.69 Å². The molecule has 0 bridgehead atoms. The fourth-order valence-corrected chi connectivity index (χ4v) is 3.81. The topological polar surface area (TPSA) is 75.7 Å². The first kappa shape index (κ1) is 21.1. The summed E-state index contributed by atoms with van der Waals surface area (Å²) >= 11 is 0. The minimum absolute atomic E-state index is 0.139. The quantitative estimate of drug-likeness (QED) is 0.787. The van der Waals surface area contributed by atoms with Crippen molar-refractivity contribution in [3.63, 3.8) is 0 Å². The van der Waals surface area contributed by atoms with E-state index in [9.17, 15) is 13.2 Å². The number of carbonyl (C=O) groups is 1. The van der Waals surface area contributed by atoms with E-state index in [0.29, 0.717) is 30.0 Å². The molecule has 0 aliphatic carbocycles. The Balaban J connectivity index is 2.40. The van der Waals surface area contributed by atoms with Gasteiger partial charge in [-0.1, -0.05) is 18.2 Å². The summed E-state index contributed by atoms with van der Waals surface area (Å²) in [5.41, 5.74) is 3.18. The highest BCUT2D eigenvalue weighted by Gasteiger charge is 2.23. The predicted octanol–water partition coefficient (Wildman–Crippen LogP) is 3.34. The summed E-state index contributed by atoms with van der Waals surface area (Å²) in [6.45, 7) is 6.41. The van der Waals surface area contributed by atoms with Crippen LogP contribution in [0.25, 0.3) is 0 Å². The third-order valence-corrected chi connectivity index (χ3v) is 6.31. The highest BCUT2D eigenvalue weighted by molar-refractivity contribution is 7.89. The van der Waals surface area contributed by atoms with Crippen LogP contribution in [-0.2, 0) is 21.4 Å². The SMILES string of the molecule is CCOCc1ccccc1NC(=O)c1cc(C)c(C)c(S(=O)(=O)N(C)C)c1. The molecule has 0 unspecified atom stereocenters. The van der Waals surface area contributed by atoms with E-state index in [1.54, 1.807) is 26.0 Å². The van der Waals surface area contributed by atoms with E-state index in [4.69, 9.17) is 4.74 Å². The number of nitrogens with zero attached hydrogens (tertiary/aromatic N) is 1. The van der Waals surface area contributed by atoms with Crippen LogP contribution in [0.3, 0.4) is 0 Å². The number of benzene rings is 2. The number of aryl methyl sites for hydroxylation is 1. The molecule has 0 aromatic heterocycles. The minimum Gasteiger partial charge on any atom is -0.377 e. The summed E-state index contributed by atoms with van der Waals surface area (Å²) in [5, 5.41) is 2.86. The van der Waals surface area contributed by atoms with E-state index < -0.39 is 10.0 Å². The number of amides is 1. The van der Waals surface area contributed by atoms with Crippen molar-refractivity contribution in [1.29, 1.82) is 0 Å². The molecule has 0 saturated carbocycles. The van der Waals surface area contributed by atoms with E-state index in [1.807, 2.05) is 25.1 Å². The Kier molecular flexibility index (Phi) is 6.75. The highest BCUT2D eigenvalue weighted by atomic mass is 32.2. The molecule has 6 nitrogen and oxygen atoms in total. The van der Waals surface area contributed by atoms with Crippen LogP contribution in [0.2, 0.25) is 0 Å². The van der Waals surface area contributed by atoms with Gasteiger partial charge < -0.3 is 10.1 Å². The zero-order valence-corrected chi connectivity index (χ0v) is 17.2. The average molecular weight is 391 g/mol. The number of carbonyl (C=O) groups excluding carboxylic acids is 1. The lowest BCUT2D eigenvalue weighted by Gasteiger charge is -2.17. The maximum absolute atomic E-state index is 12.8. The van der Waals surface area contributed by atoms with Gasteiger partial charge in [-0.2, -0.15) is 0 Å². The van der Waals surface area contributed by atoms with Gasteiger partial charge >= 0.3 is 0 Å². The summed E-state index contributed by atoms with van der Waals surface area (Å²) in [7, 11) is -0.700. The lowest BCUT2D eigenvalue weighted by molar-refractivity contribution is 0.102. The number of nitrogens with one attached hydrogen (secondary N) is 1. The lowest BCUT2D eigenvalue weighted by Crippen LogP contribution is -2.24. The number of hydrogen-bond donors (Lipinski definition) is 1. The standard InChI is InChI=1S/C20H26N2O4S/c1-6-26-13-16-9-7-8-10-18(16)21-20(23)17-11-14(2)15(3)19(12-17)27(24,25)22(4)5/h7-12H,6,13H2,1-5H3,(H,21,23). The fourth-order valence-electron chi connectivity index (χ4n) is 2.60. The van der Waals surface area contributed by atoms with Gasteiger partial charge in [-0.3, -0.25) is 4.79 Å². The van der Waals surface area contributed by atoms with Gasteiger partial charge in [-0.05, 0) is 50.1 Å². The molecule has 0 spiro atoms. The third-order valence-electron chi connectivity index (χ3n) is 4.37. The molecule has 2 aromatic rings. The Morgan fingerprint density at radius 3 is 2.44 bits per heavy atom. The van der Waals surface area contributed by atoms with Crippen molar-refractivity contribution in [2.75, 3.05) is 26.0 Å². The molecular formula is C20H26N2O4S. The molecule has 0 saturated heterocycles. The van der Waals surface area contributed by atoms with Crippen molar-refractivity contribution >= 4 is 21.6 Å². The molecule has 146 valence electrons. The average Bonchev–Trinajstić information content (AvgIpc) is 2.62. The van der Waals surface area contributed by atoms with Crippen LogP contribution in [0.1, 0.15) is 34.0 Å². The zero-order valence-electron chi connectivity index (χ0n) is 16.4. The molecule has 0 atom stereocenters. The molecule has 0 heterocycles. The van der Waals surface area contributed by atoms with Gasteiger partial charge in [0, 0.05) is 37.5 Å². The molecule has 0 fully saturated rings. The highest BCUT2D eigenvalue weighted by Crippen LogP contribution is 2.24. The van der Waals surface area contributed by atoms with E-state index in [0.717, 1.165) is 15.4 Å². The second-order valence-corrected chi connectivity index (χ2v) is 8.57. The van der Waals surface area contributed by atoms with E-state index in [2.05, 4.69) is 5.32 Å². The number of ether oxygens (including phenoxy) is 1. The molecule has 1 amide bonds. The maximum atomic E-state index is 12.8. The van der Waals surface area contributed by atoms with Gasteiger partial charge in [0.25, 0.3) is 5.91 Å². The Morgan fingerprint density at radius 1 is 1.15 bits per heavy atom. The van der Waals surface area contributed by atoms with Crippen molar-refractivity contribution in [1.82, 2.24) is 4.31 Å².